The van der Waals surface area contributed by atoms with Gasteiger partial charge in [-0.2, -0.15) is 0 Å². The highest BCUT2D eigenvalue weighted by atomic mass is 35.5. The summed E-state index contributed by atoms with van der Waals surface area (Å²) in [4.78, 5) is 10.4. The molecule has 2 aromatic rings. The molecule has 0 aliphatic carbocycles. The minimum Gasteiger partial charge on any atom is -0.545 e. The summed E-state index contributed by atoms with van der Waals surface area (Å²) in [6.07, 6.45) is 1.76. The number of carbonyl (C=O) groups excluding carboxylic acids is 1. The van der Waals surface area contributed by atoms with Gasteiger partial charge in [0.05, 0.1) is 16.6 Å². The lowest BCUT2D eigenvalue weighted by Gasteiger charge is -2.04. The third kappa shape index (κ3) is 3.37. The highest BCUT2D eigenvalue weighted by molar-refractivity contribution is 7.91. The van der Waals surface area contributed by atoms with E-state index >= 15 is 0 Å². The van der Waals surface area contributed by atoms with Crippen molar-refractivity contribution in [3.8, 4) is 0 Å². The van der Waals surface area contributed by atoms with Gasteiger partial charge in [-0.3, -0.25) is 0 Å². The van der Waals surface area contributed by atoms with Crippen LogP contribution in [-0.4, -0.2) is 20.1 Å². The van der Waals surface area contributed by atoms with E-state index in [1.54, 1.807) is 24.3 Å². The first-order valence-corrected chi connectivity index (χ1v) is 7.71. The van der Waals surface area contributed by atoms with Gasteiger partial charge in [0.25, 0.3) is 0 Å². The summed E-state index contributed by atoms with van der Waals surface area (Å²) in [5.41, 5.74) is 0. The molecule has 0 saturated carbocycles. The zero-order valence-corrected chi connectivity index (χ0v) is 11.8. The Labute approximate surface area is 121 Å². The minimum atomic E-state index is -3.57. The second-order valence-electron chi connectivity index (χ2n) is 4.16. The van der Waals surface area contributed by atoms with Crippen LogP contribution in [0.3, 0.4) is 0 Å². The molecule has 0 fully saturated rings. The van der Waals surface area contributed by atoms with E-state index in [-0.39, 0.29) is 10.6 Å². The van der Waals surface area contributed by atoms with E-state index < -0.39 is 15.8 Å². The van der Waals surface area contributed by atoms with Gasteiger partial charge in [-0.05, 0) is 41.1 Å². The Morgan fingerprint density at radius 2 is 1.80 bits per heavy atom. The largest absolute Gasteiger partial charge is 0.545 e. The summed E-state index contributed by atoms with van der Waals surface area (Å²) in [5, 5.41) is 12.4. The lowest BCUT2D eigenvalue weighted by molar-refractivity contribution is -0.297. The summed E-state index contributed by atoms with van der Waals surface area (Å²) in [6.45, 7) is 0. The normalized spacial score (nSPS) is 12.1. The number of carboxylic acids is 1. The van der Waals surface area contributed by atoms with Gasteiger partial charge < -0.3 is 9.90 Å². The lowest BCUT2D eigenvalue weighted by atomic mass is 10.1. The Morgan fingerprint density at radius 1 is 1.15 bits per heavy atom. The number of carbonyl (C=O) groups is 1. The third-order valence-corrected chi connectivity index (χ3v) is 4.54. The average molecular weight is 310 g/mol. The van der Waals surface area contributed by atoms with Gasteiger partial charge in [-0.1, -0.05) is 29.8 Å². The third-order valence-electron chi connectivity index (χ3n) is 2.70. The van der Waals surface area contributed by atoms with Gasteiger partial charge in [0.1, 0.15) is 0 Å². The fourth-order valence-electron chi connectivity index (χ4n) is 1.76. The molecule has 2 rings (SSSR count). The molecule has 0 amide bonds. The predicted octanol–water partition coefficient (Wildman–Crippen LogP) is 1.57. The van der Waals surface area contributed by atoms with Crippen LogP contribution in [0, 0.1) is 0 Å². The van der Waals surface area contributed by atoms with Crippen LogP contribution < -0.4 is 5.11 Å². The van der Waals surface area contributed by atoms with Crippen LogP contribution in [0.4, 0.5) is 0 Å². The summed E-state index contributed by atoms with van der Waals surface area (Å²) in [7, 11) is -3.57. The van der Waals surface area contributed by atoms with E-state index in [1.807, 2.05) is 0 Å². The van der Waals surface area contributed by atoms with Gasteiger partial charge in [0.2, 0.25) is 0 Å². The quantitative estimate of drug-likeness (QED) is 0.804. The van der Waals surface area contributed by atoms with Gasteiger partial charge in [0, 0.05) is 5.02 Å². The number of carboxylic acid groups (broad SMARTS) is 1. The average Bonchev–Trinajstić information content (AvgIpc) is 2.37. The highest BCUT2D eigenvalue weighted by Gasteiger charge is 2.12. The van der Waals surface area contributed by atoms with Crippen LogP contribution in [-0.2, 0) is 14.6 Å². The standard InChI is InChI=1S/C14H11ClO4S/c15-12-5-3-11-9-13(6-4-10(11)8-12)20(18,19)7-1-2-14(16)17/h1-6,8-9H,7H2,(H,16,17)/p-1/b2-1+. The smallest absolute Gasteiger partial charge is 0.181 e. The van der Waals surface area contributed by atoms with Gasteiger partial charge in [-0.25, -0.2) is 8.42 Å². The van der Waals surface area contributed by atoms with Crippen molar-refractivity contribution in [3.63, 3.8) is 0 Å². The van der Waals surface area contributed by atoms with Crippen molar-refractivity contribution in [2.45, 2.75) is 4.90 Å². The molecule has 6 heteroatoms. The van der Waals surface area contributed by atoms with Crippen molar-refractivity contribution in [1.29, 1.82) is 0 Å². The Hall–Kier alpha value is -1.85. The van der Waals surface area contributed by atoms with Crippen LogP contribution in [0.2, 0.25) is 5.02 Å². The SMILES string of the molecule is O=C([O-])/C=C/CS(=O)(=O)c1ccc2cc(Cl)ccc2c1. The molecule has 0 saturated heterocycles. The molecule has 0 heterocycles. The molecule has 4 nitrogen and oxygen atoms in total. The number of rotatable bonds is 4. The number of halogens is 1. The molecular weight excluding hydrogens is 300 g/mol. The van der Waals surface area contributed by atoms with Crippen molar-refractivity contribution in [2.24, 2.45) is 0 Å². The summed E-state index contributed by atoms with van der Waals surface area (Å²) in [5.74, 6) is -1.81. The van der Waals surface area contributed by atoms with Crippen molar-refractivity contribution >= 4 is 38.2 Å². The molecule has 0 bridgehead atoms. The Bertz CT molecular complexity index is 794. The maximum absolute atomic E-state index is 12.0. The number of fused-ring (bicyclic) bond motifs is 1. The maximum Gasteiger partial charge on any atom is 0.181 e. The molecule has 0 spiro atoms. The van der Waals surface area contributed by atoms with E-state index in [0.717, 1.165) is 16.8 Å². The zero-order valence-electron chi connectivity index (χ0n) is 10.2. The van der Waals surface area contributed by atoms with E-state index in [1.165, 1.54) is 12.1 Å². The molecule has 0 aliphatic rings. The van der Waals surface area contributed by atoms with Crippen LogP contribution in [0.1, 0.15) is 0 Å². The summed E-state index contributed by atoms with van der Waals surface area (Å²) < 4.78 is 24.1. The van der Waals surface area contributed by atoms with E-state index in [9.17, 15) is 18.3 Å². The summed E-state index contributed by atoms with van der Waals surface area (Å²) >= 11 is 5.86. The molecule has 0 N–H and O–H groups in total. The molecule has 2 aromatic carbocycles. The molecule has 20 heavy (non-hydrogen) atoms. The number of hydrogen-bond acceptors (Lipinski definition) is 4. The van der Waals surface area contributed by atoms with Crippen LogP contribution in [0.5, 0.6) is 0 Å². The molecule has 0 atom stereocenters. The Balaban J connectivity index is 2.37. The first-order chi connectivity index (χ1) is 9.38. The fourth-order valence-corrected chi connectivity index (χ4v) is 3.06. The zero-order chi connectivity index (χ0) is 14.8. The fraction of sp³-hybridized carbons (Fsp3) is 0.0714. The van der Waals surface area contributed by atoms with Gasteiger partial charge in [0.15, 0.2) is 9.84 Å². The molecule has 0 radical (unpaired) electrons. The minimum absolute atomic E-state index is 0.135. The Kier molecular flexibility index (Phi) is 4.11. The maximum atomic E-state index is 12.0. The van der Waals surface area contributed by atoms with Crippen molar-refractivity contribution in [3.05, 3.63) is 53.6 Å². The Morgan fingerprint density at radius 3 is 2.50 bits per heavy atom. The van der Waals surface area contributed by atoms with Crippen LogP contribution in [0.25, 0.3) is 10.8 Å². The second-order valence-corrected chi connectivity index (χ2v) is 6.63. The molecule has 0 unspecified atom stereocenters. The molecule has 0 aromatic heterocycles. The van der Waals surface area contributed by atoms with Gasteiger partial charge >= 0.3 is 0 Å². The monoisotopic (exact) mass is 309 g/mol. The molecular formula is C14H10ClO4S-. The highest BCUT2D eigenvalue weighted by Crippen LogP contribution is 2.23. The number of hydrogen-bond donors (Lipinski definition) is 0. The number of aliphatic carboxylic acids is 1. The first-order valence-electron chi connectivity index (χ1n) is 5.68. The second kappa shape index (κ2) is 5.64. The number of benzene rings is 2. The van der Waals surface area contributed by atoms with E-state index in [2.05, 4.69) is 0 Å². The first kappa shape index (κ1) is 14.6. The topological polar surface area (TPSA) is 74.3 Å². The van der Waals surface area contributed by atoms with Crippen molar-refractivity contribution < 1.29 is 18.3 Å². The molecule has 104 valence electrons. The van der Waals surface area contributed by atoms with Crippen molar-refractivity contribution in [1.82, 2.24) is 0 Å². The summed E-state index contributed by atoms with van der Waals surface area (Å²) in [6, 6.07) is 9.82. The predicted molar refractivity (Wildman–Crippen MR) is 75.2 cm³/mol. The molecule has 0 aliphatic heterocycles. The lowest BCUT2D eigenvalue weighted by Crippen LogP contribution is -2.19. The van der Waals surface area contributed by atoms with Crippen molar-refractivity contribution in [2.75, 3.05) is 5.75 Å². The van der Waals surface area contributed by atoms with Crippen LogP contribution >= 0.6 is 11.6 Å². The van der Waals surface area contributed by atoms with Crippen LogP contribution in [0.15, 0.2) is 53.4 Å². The van der Waals surface area contributed by atoms with Gasteiger partial charge in [-0.15, -0.1) is 0 Å². The number of sulfone groups is 1. The van der Waals surface area contributed by atoms with E-state index in [4.69, 9.17) is 11.6 Å². The van der Waals surface area contributed by atoms with E-state index in [0.29, 0.717) is 11.1 Å².